The second kappa shape index (κ2) is 9.01. The molecule has 0 amide bonds. The van der Waals surface area contributed by atoms with Gasteiger partial charge in [-0.1, -0.05) is 49.6 Å². The van der Waals surface area contributed by atoms with E-state index in [0.29, 0.717) is 11.7 Å². The average Bonchev–Trinajstić information content (AvgIpc) is 2.75. The lowest BCUT2D eigenvalue weighted by Gasteiger charge is -2.35. The van der Waals surface area contributed by atoms with Crippen LogP contribution in [0, 0.1) is 5.92 Å². The Morgan fingerprint density at radius 1 is 1.07 bits per heavy atom. The van der Waals surface area contributed by atoms with Crippen molar-refractivity contribution in [2.75, 3.05) is 19.6 Å². The van der Waals surface area contributed by atoms with E-state index >= 15 is 0 Å². The highest BCUT2D eigenvalue weighted by atomic mass is 16.3. The topological polar surface area (TPSA) is 69.2 Å². The first-order valence-electron chi connectivity index (χ1n) is 10.8. The van der Waals surface area contributed by atoms with Gasteiger partial charge in [-0.05, 0) is 50.3 Å². The normalized spacial score (nSPS) is 20.9. The van der Waals surface area contributed by atoms with Crippen LogP contribution in [-0.4, -0.2) is 39.6 Å². The van der Waals surface area contributed by atoms with Gasteiger partial charge < -0.3 is 15.0 Å². The molecule has 1 saturated carbocycles. The number of likely N-dealkylation sites (tertiary alicyclic amines) is 1. The summed E-state index contributed by atoms with van der Waals surface area (Å²) in [4.78, 5) is 22.2. The van der Waals surface area contributed by atoms with Crippen LogP contribution in [0.4, 0.5) is 0 Å². The molecule has 5 heteroatoms. The number of aromatic nitrogens is 2. The second-order valence-corrected chi connectivity index (χ2v) is 8.45. The van der Waals surface area contributed by atoms with Gasteiger partial charge in [0.2, 0.25) is 0 Å². The van der Waals surface area contributed by atoms with Crippen LogP contribution in [-0.2, 0) is 0 Å². The molecule has 2 fully saturated rings. The van der Waals surface area contributed by atoms with Gasteiger partial charge in [0.05, 0.1) is 5.69 Å². The summed E-state index contributed by atoms with van der Waals surface area (Å²) in [5.41, 5.74) is 1.38. The Morgan fingerprint density at radius 3 is 2.50 bits per heavy atom. The molecule has 0 spiro atoms. The minimum Gasteiger partial charge on any atom is -0.380 e. The molecule has 1 atom stereocenters. The maximum absolute atomic E-state index is 12.2. The first kappa shape index (κ1) is 19.3. The third-order valence-electron chi connectivity index (χ3n) is 6.40. The fourth-order valence-corrected chi connectivity index (χ4v) is 4.77. The van der Waals surface area contributed by atoms with Gasteiger partial charge in [-0.3, -0.25) is 4.79 Å². The van der Waals surface area contributed by atoms with Crippen molar-refractivity contribution in [3.05, 3.63) is 63.8 Å². The number of rotatable bonds is 5. The van der Waals surface area contributed by atoms with Crippen molar-refractivity contribution >= 4 is 0 Å². The van der Waals surface area contributed by atoms with Crippen LogP contribution in [0.15, 0.2) is 41.2 Å². The molecule has 5 nitrogen and oxygen atoms in total. The summed E-state index contributed by atoms with van der Waals surface area (Å²) in [5.74, 6) is 1.51. The highest BCUT2D eigenvalue weighted by Gasteiger charge is 2.25. The monoisotopic (exact) mass is 381 g/mol. The fraction of sp³-hybridized carbons (Fsp3) is 0.565. The van der Waals surface area contributed by atoms with Gasteiger partial charge in [-0.15, -0.1) is 0 Å². The minimum atomic E-state index is -0.903. The van der Waals surface area contributed by atoms with E-state index in [-0.39, 0.29) is 5.56 Å². The first-order chi connectivity index (χ1) is 13.7. The molecular formula is C23H31N3O2. The number of H-pyrrole nitrogens is 1. The smallest absolute Gasteiger partial charge is 0.251 e. The molecular weight excluding hydrogens is 350 g/mol. The third kappa shape index (κ3) is 4.70. The number of aliphatic hydroxyl groups is 1. The number of piperidine rings is 1. The number of hydrogen-bond acceptors (Lipinski definition) is 4. The van der Waals surface area contributed by atoms with Crippen LogP contribution in [0.25, 0.3) is 0 Å². The number of aromatic amines is 1. The molecule has 2 aliphatic rings. The quantitative estimate of drug-likeness (QED) is 0.830. The van der Waals surface area contributed by atoms with Gasteiger partial charge in [-0.25, -0.2) is 4.98 Å². The predicted molar refractivity (Wildman–Crippen MR) is 110 cm³/mol. The zero-order chi connectivity index (χ0) is 19.3. The molecule has 2 aromatic rings. The number of aliphatic hydroxyl groups excluding tert-OH is 1. The van der Waals surface area contributed by atoms with Crippen molar-refractivity contribution < 1.29 is 5.11 Å². The standard InChI is InChI=1S/C23H31N3O2/c27-21-15-20(24-23(25-21)22(28)19-9-5-2-6-10-19)18-11-13-26(14-12-18)16-17-7-3-1-4-8-17/h2,5-6,9-10,15,17-18,22,28H,1,3-4,7-8,11-14,16H2,(H,24,25,27). The van der Waals surface area contributed by atoms with Gasteiger partial charge >= 0.3 is 0 Å². The first-order valence-corrected chi connectivity index (χ1v) is 10.8. The zero-order valence-corrected chi connectivity index (χ0v) is 16.5. The Kier molecular flexibility index (Phi) is 6.23. The molecule has 4 rings (SSSR count). The molecule has 1 saturated heterocycles. The second-order valence-electron chi connectivity index (χ2n) is 8.45. The van der Waals surface area contributed by atoms with Gasteiger partial charge in [-0.2, -0.15) is 0 Å². The third-order valence-corrected chi connectivity index (χ3v) is 6.40. The number of nitrogens with one attached hydrogen (secondary N) is 1. The van der Waals surface area contributed by atoms with E-state index in [4.69, 9.17) is 0 Å². The number of hydrogen-bond donors (Lipinski definition) is 2. The van der Waals surface area contributed by atoms with Crippen molar-refractivity contribution in [1.82, 2.24) is 14.9 Å². The van der Waals surface area contributed by atoms with E-state index in [9.17, 15) is 9.90 Å². The Hall–Kier alpha value is -1.98. The lowest BCUT2D eigenvalue weighted by molar-refractivity contribution is 0.162. The van der Waals surface area contributed by atoms with Crippen molar-refractivity contribution in [3.63, 3.8) is 0 Å². The summed E-state index contributed by atoms with van der Waals surface area (Å²) < 4.78 is 0. The van der Waals surface area contributed by atoms with Crippen LogP contribution >= 0.6 is 0 Å². The lowest BCUT2D eigenvalue weighted by atomic mass is 9.87. The Bertz CT molecular complexity index is 806. The largest absolute Gasteiger partial charge is 0.380 e. The highest BCUT2D eigenvalue weighted by molar-refractivity contribution is 5.23. The number of nitrogens with zero attached hydrogens (tertiary/aromatic N) is 2. The number of benzene rings is 1. The van der Waals surface area contributed by atoms with Crippen molar-refractivity contribution in [2.45, 2.75) is 57.0 Å². The molecule has 2 heterocycles. The highest BCUT2D eigenvalue weighted by Crippen LogP contribution is 2.30. The summed E-state index contributed by atoms with van der Waals surface area (Å²) in [7, 11) is 0. The van der Waals surface area contributed by atoms with Crippen LogP contribution in [0.3, 0.4) is 0 Å². The average molecular weight is 382 g/mol. The molecule has 2 N–H and O–H groups in total. The molecule has 0 radical (unpaired) electrons. The van der Waals surface area contributed by atoms with Gasteiger partial charge in [0.25, 0.3) is 5.56 Å². The van der Waals surface area contributed by atoms with E-state index < -0.39 is 6.10 Å². The van der Waals surface area contributed by atoms with Gasteiger partial charge in [0.15, 0.2) is 0 Å². The molecule has 28 heavy (non-hydrogen) atoms. The molecule has 1 aromatic carbocycles. The van der Waals surface area contributed by atoms with E-state index in [1.165, 1.54) is 38.6 Å². The predicted octanol–water partition coefficient (Wildman–Crippen LogP) is 3.61. The summed E-state index contributed by atoms with van der Waals surface area (Å²) in [6.07, 6.45) is 8.12. The molecule has 1 aliphatic heterocycles. The maximum atomic E-state index is 12.2. The van der Waals surface area contributed by atoms with Crippen molar-refractivity contribution in [2.24, 2.45) is 5.92 Å². The lowest BCUT2D eigenvalue weighted by Crippen LogP contribution is -2.37. The van der Waals surface area contributed by atoms with E-state index in [1.807, 2.05) is 30.3 Å². The summed E-state index contributed by atoms with van der Waals surface area (Å²) >= 11 is 0. The summed E-state index contributed by atoms with van der Waals surface area (Å²) in [6, 6.07) is 11.0. The summed E-state index contributed by atoms with van der Waals surface area (Å²) in [6.45, 7) is 3.38. The summed E-state index contributed by atoms with van der Waals surface area (Å²) in [5, 5.41) is 10.6. The molecule has 0 bridgehead atoms. The Balaban J connectivity index is 1.41. The minimum absolute atomic E-state index is 0.181. The van der Waals surface area contributed by atoms with Gasteiger partial charge in [0, 0.05) is 18.5 Å². The van der Waals surface area contributed by atoms with Crippen LogP contribution in [0.1, 0.15) is 74.0 Å². The maximum Gasteiger partial charge on any atom is 0.251 e. The molecule has 150 valence electrons. The van der Waals surface area contributed by atoms with E-state index in [2.05, 4.69) is 14.9 Å². The van der Waals surface area contributed by atoms with Crippen LogP contribution in [0.2, 0.25) is 0 Å². The van der Waals surface area contributed by atoms with Crippen molar-refractivity contribution in [1.29, 1.82) is 0 Å². The van der Waals surface area contributed by atoms with Crippen molar-refractivity contribution in [3.8, 4) is 0 Å². The fourth-order valence-electron chi connectivity index (χ4n) is 4.77. The Morgan fingerprint density at radius 2 is 1.79 bits per heavy atom. The zero-order valence-electron chi connectivity index (χ0n) is 16.5. The van der Waals surface area contributed by atoms with E-state index in [1.54, 1.807) is 6.07 Å². The van der Waals surface area contributed by atoms with Gasteiger partial charge in [0.1, 0.15) is 11.9 Å². The SMILES string of the molecule is O=c1cc(C2CCN(CC3CCCCC3)CC2)nc(C(O)c2ccccc2)[nH]1. The molecule has 1 aromatic heterocycles. The van der Waals surface area contributed by atoms with Crippen LogP contribution in [0.5, 0.6) is 0 Å². The Labute approximate surface area is 166 Å². The molecule has 1 aliphatic carbocycles. The molecule has 1 unspecified atom stereocenters. The van der Waals surface area contributed by atoms with Crippen LogP contribution < -0.4 is 5.56 Å². The van der Waals surface area contributed by atoms with E-state index in [0.717, 1.165) is 43.1 Å².